The van der Waals surface area contributed by atoms with Gasteiger partial charge in [0.15, 0.2) is 0 Å². The quantitative estimate of drug-likeness (QED) is 0.868. The molecule has 1 fully saturated rings. The second kappa shape index (κ2) is 6.30. The van der Waals surface area contributed by atoms with Crippen LogP contribution in [0.1, 0.15) is 49.3 Å². The fraction of sp³-hybridized carbons (Fsp3) is 0.600. The molecule has 1 aromatic rings. The monoisotopic (exact) mass is 252 g/mol. The van der Waals surface area contributed by atoms with E-state index in [4.69, 9.17) is 4.74 Å². The standard InChI is InChI=1S/C15H21FO2/c1-11-7-8-13(14(16)10-11)15(17)6-2-4-12-5-3-9-18-12/h7-8,10,12,15,17H,2-6,9H2,1H3. The number of hydrogen-bond acceptors (Lipinski definition) is 2. The molecule has 1 aliphatic heterocycles. The molecular formula is C15H21FO2. The van der Waals surface area contributed by atoms with Crippen LogP contribution in [0.2, 0.25) is 0 Å². The van der Waals surface area contributed by atoms with Crippen molar-refractivity contribution in [1.82, 2.24) is 0 Å². The van der Waals surface area contributed by atoms with E-state index in [2.05, 4.69) is 0 Å². The van der Waals surface area contributed by atoms with Crippen molar-refractivity contribution >= 4 is 0 Å². The van der Waals surface area contributed by atoms with Crippen molar-refractivity contribution in [3.05, 3.63) is 35.1 Å². The second-order valence-corrected chi connectivity index (χ2v) is 5.11. The zero-order valence-corrected chi connectivity index (χ0v) is 10.9. The number of aliphatic hydroxyl groups is 1. The van der Waals surface area contributed by atoms with Gasteiger partial charge in [0.2, 0.25) is 0 Å². The normalized spacial score (nSPS) is 21.2. The Bertz CT molecular complexity index is 386. The predicted octanol–water partition coefficient (Wildman–Crippen LogP) is 3.52. The molecule has 0 radical (unpaired) electrons. The third-order valence-electron chi connectivity index (χ3n) is 3.54. The maximum Gasteiger partial charge on any atom is 0.129 e. The van der Waals surface area contributed by atoms with E-state index in [9.17, 15) is 9.50 Å². The summed E-state index contributed by atoms with van der Waals surface area (Å²) in [5, 5.41) is 9.99. The number of hydrogen-bond donors (Lipinski definition) is 1. The fourth-order valence-electron chi connectivity index (χ4n) is 2.47. The van der Waals surface area contributed by atoms with Crippen molar-refractivity contribution in [2.75, 3.05) is 6.61 Å². The molecule has 0 aromatic heterocycles. The third-order valence-corrected chi connectivity index (χ3v) is 3.54. The molecular weight excluding hydrogens is 231 g/mol. The zero-order valence-electron chi connectivity index (χ0n) is 10.9. The second-order valence-electron chi connectivity index (χ2n) is 5.11. The highest BCUT2D eigenvalue weighted by Gasteiger charge is 2.17. The third kappa shape index (κ3) is 3.53. The number of halogens is 1. The van der Waals surface area contributed by atoms with Crippen LogP contribution in [0, 0.1) is 12.7 Å². The SMILES string of the molecule is Cc1ccc(C(O)CCCC2CCCO2)c(F)c1. The first kappa shape index (κ1) is 13.5. The lowest BCUT2D eigenvalue weighted by Gasteiger charge is -2.14. The van der Waals surface area contributed by atoms with Crippen molar-refractivity contribution < 1.29 is 14.2 Å². The van der Waals surface area contributed by atoms with Crippen molar-refractivity contribution in [3.8, 4) is 0 Å². The number of ether oxygens (including phenoxy) is 1. The van der Waals surface area contributed by atoms with Gasteiger partial charge in [-0.25, -0.2) is 4.39 Å². The Morgan fingerprint density at radius 3 is 3.00 bits per heavy atom. The lowest BCUT2D eigenvalue weighted by atomic mass is 10.0. The molecule has 2 unspecified atom stereocenters. The first-order valence-corrected chi connectivity index (χ1v) is 6.72. The Morgan fingerprint density at radius 2 is 2.33 bits per heavy atom. The number of rotatable bonds is 5. The molecule has 1 N–H and O–H groups in total. The Labute approximate surface area is 108 Å². The maximum atomic E-state index is 13.6. The van der Waals surface area contributed by atoms with Crippen LogP contribution in [0.15, 0.2) is 18.2 Å². The van der Waals surface area contributed by atoms with Crippen molar-refractivity contribution in [2.24, 2.45) is 0 Å². The van der Waals surface area contributed by atoms with Gasteiger partial charge in [-0.2, -0.15) is 0 Å². The summed E-state index contributed by atoms with van der Waals surface area (Å²) >= 11 is 0. The number of aliphatic hydroxyl groups excluding tert-OH is 1. The van der Waals surface area contributed by atoms with E-state index in [0.717, 1.165) is 37.9 Å². The van der Waals surface area contributed by atoms with Gasteiger partial charge >= 0.3 is 0 Å². The number of aryl methyl sites for hydroxylation is 1. The van der Waals surface area contributed by atoms with E-state index in [-0.39, 0.29) is 5.82 Å². The molecule has 0 amide bonds. The summed E-state index contributed by atoms with van der Waals surface area (Å²) in [7, 11) is 0. The Balaban J connectivity index is 1.81. The van der Waals surface area contributed by atoms with Gasteiger partial charge in [-0.1, -0.05) is 12.1 Å². The summed E-state index contributed by atoms with van der Waals surface area (Å²) in [4.78, 5) is 0. The van der Waals surface area contributed by atoms with Gasteiger partial charge in [-0.05, 0) is 50.7 Å². The van der Waals surface area contributed by atoms with Crippen molar-refractivity contribution in [1.29, 1.82) is 0 Å². The summed E-state index contributed by atoms with van der Waals surface area (Å²) in [6.07, 6.45) is 4.34. The predicted molar refractivity (Wildman–Crippen MR) is 68.9 cm³/mol. The van der Waals surface area contributed by atoms with Gasteiger partial charge in [-0.3, -0.25) is 0 Å². The Kier molecular flexibility index (Phi) is 4.72. The molecule has 1 aromatic carbocycles. The lowest BCUT2D eigenvalue weighted by molar-refractivity contribution is 0.0940. The van der Waals surface area contributed by atoms with Gasteiger partial charge in [-0.15, -0.1) is 0 Å². The van der Waals surface area contributed by atoms with Gasteiger partial charge in [0, 0.05) is 12.2 Å². The Morgan fingerprint density at radius 1 is 1.50 bits per heavy atom. The van der Waals surface area contributed by atoms with Crippen LogP contribution < -0.4 is 0 Å². The van der Waals surface area contributed by atoms with Crippen molar-refractivity contribution in [2.45, 2.75) is 51.2 Å². The summed E-state index contributed by atoms with van der Waals surface area (Å²) in [5.74, 6) is -0.306. The first-order valence-electron chi connectivity index (χ1n) is 6.72. The topological polar surface area (TPSA) is 29.5 Å². The van der Waals surface area contributed by atoms with Crippen LogP contribution >= 0.6 is 0 Å². The molecule has 2 atom stereocenters. The molecule has 0 bridgehead atoms. The van der Waals surface area contributed by atoms with Gasteiger partial charge < -0.3 is 9.84 Å². The summed E-state index contributed by atoms with van der Waals surface area (Å²) in [6, 6.07) is 4.99. The van der Waals surface area contributed by atoms with Gasteiger partial charge in [0.05, 0.1) is 12.2 Å². The van der Waals surface area contributed by atoms with Gasteiger partial charge in [0.1, 0.15) is 5.82 Å². The first-order chi connectivity index (χ1) is 8.66. The average Bonchev–Trinajstić information content (AvgIpc) is 2.81. The van der Waals surface area contributed by atoms with Crippen LogP contribution in [-0.2, 0) is 4.74 Å². The molecule has 1 heterocycles. The van der Waals surface area contributed by atoms with Crippen LogP contribution in [0.5, 0.6) is 0 Å². The highest BCUT2D eigenvalue weighted by atomic mass is 19.1. The molecule has 100 valence electrons. The number of benzene rings is 1. The smallest absolute Gasteiger partial charge is 0.129 e. The van der Waals surface area contributed by atoms with E-state index >= 15 is 0 Å². The molecule has 1 saturated heterocycles. The van der Waals surface area contributed by atoms with Crippen LogP contribution in [0.3, 0.4) is 0 Å². The summed E-state index contributed by atoms with van der Waals surface area (Å²) < 4.78 is 19.2. The lowest BCUT2D eigenvalue weighted by Crippen LogP contribution is -2.06. The van der Waals surface area contributed by atoms with E-state index in [1.165, 1.54) is 6.07 Å². The molecule has 3 heteroatoms. The largest absolute Gasteiger partial charge is 0.388 e. The van der Waals surface area contributed by atoms with Crippen molar-refractivity contribution in [3.63, 3.8) is 0 Å². The average molecular weight is 252 g/mol. The minimum atomic E-state index is -0.702. The Hall–Kier alpha value is -0.930. The van der Waals surface area contributed by atoms with Crippen LogP contribution in [-0.4, -0.2) is 17.8 Å². The highest BCUT2D eigenvalue weighted by molar-refractivity contribution is 5.25. The molecule has 1 aliphatic rings. The van der Waals surface area contributed by atoms with E-state index < -0.39 is 6.10 Å². The minimum absolute atomic E-state index is 0.306. The molecule has 0 spiro atoms. The van der Waals surface area contributed by atoms with E-state index in [0.29, 0.717) is 18.1 Å². The molecule has 2 nitrogen and oxygen atoms in total. The molecule has 18 heavy (non-hydrogen) atoms. The summed E-state index contributed by atoms with van der Waals surface area (Å²) in [5.41, 5.74) is 1.29. The van der Waals surface area contributed by atoms with Crippen LogP contribution in [0.25, 0.3) is 0 Å². The van der Waals surface area contributed by atoms with E-state index in [1.54, 1.807) is 6.07 Å². The molecule has 0 aliphatic carbocycles. The summed E-state index contributed by atoms with van der Waals surface area (Å²) in [6.45, 7) is 2.70. The van der Waals surface area contributed by atoms with E-state index in [1.807, 2.05) is 13.0 Å². The minimum Gasteiger partial charge on any atom is -0.388 e. The molecule has 2 rings (SSSR count). The fourth-order valence-corrected chi connectivity index (χ4v) is 2.47. The maximum absolute atomic E-state index is 13.6. The van der Waals surface area contributed by atoms with Crippen LogP contribution in [0.4, 0.5) is 4.39 Å². The molecule has 0 saturated carbocycles. The zero-order chi connectivity index (χ0) is 13.0. The van der Waals surface area contributed by atoms with Gasteiger partial charge in [0.25, 0.3) is 0 Å². The highest BCUT2D eigenvalue weighted by Crippen LogP contribution is 2.25.